The zero-order valence-corrected chi connectivity index (χ0v) is 18.4. The number of hydroxylamine groups is 3. The van der Waals surface area contributed by atoms with Crippen LogP contribution in [0.2, 0.25) is 0 Å². The highest BCUT2D eigenvalue weighted by atomic mass is 32.2. The molecule has 0 spiro atoms. The standard InChI is InChI=1S/C22H26F3N3O3S/c23-22(24,25)17-6-7-21-19(16-17)27(18-4-1-2-5-20(18)32(21)31)9-3-8-26-10-12-28(30,13-11-26)14-15-29/h1-2,4-7,16,29H,3,8-15H2. The van der Waals surface area contributed by atoms with E-state index in [4.69, 9.17) is 5.11 Å². The van der Waals surface area contributed by atoms with Gasteiger partial charge in [-0.1, -0.05) is 12.1 Å². The van der Waals surface area contributed by atoms with E-state index in [0.29, 0.717) is 66.9 Å². The van der Waals surface area contributed by atoms with Crippen LogP contribution >= 0.6 is 0 Å². The Kier molecular flexibility index (Phi) is 6.60. The number of para-hydroxylation sites is 1. The Morgan fingerprint density at radius 2 is 1.72 bits per heavy atom. The summed E-state index contributed by atoms with van der Waals surface area (Å²) in [6.07, 6.45) is -3.81. The smallest absolute Gasteiger partial charge is 0.416 e. The minimum atomic E-state index is -4.48. The number of quaternary nitrogens is 1. The Morgan fingerprint density at radius 1 is 1.03 bits per heavy atom. The van der Waals surface area contributed by atoms with Gasteiger partial charge < -0.3 is 19.9 Å². The molecule has 2 aliphatic heterocycles. The van der Waals surface area contributed by atoms with Crippen LogP contribution in [0.15, 0.2) is 52.3 Å². The minimum Gasteiger partial charge on any atom is -0.633 e. The molecule has 0 aliphatic carbocycles. The normalized spacial score (nSPS) is 20.7. The molecule has 6 nitrogen and oxygen atoms in total. The predicted octanol–water partition coefficient (Wildman–Crippen LogP) is 3.34. The predicted molar refractivity (Wildman–Crippen MR) is 116 cm³/mol. The van der Waals surface area contributed by atoms with Crippen LogP contribution in [0.1, 0.15) is 12.0 Å². The molecular weight excluding hydrogens is 443 g/mol. The van der Waals surface area contributed by atoms with Crippen molar-refractivity contribution in [3.8, 4) is 0 Å². The highest BCUT2D eigenvalue weighted by Crippen LogP contribution is 2.44. The highest BCUT2D eigenvalue weighted by molar-refractivity contribution is 7.85. The number of piperazine rings is 1. The summed E-state index contributed by atoms with van der Waals surface area (Å²) in [5, 5.41) is 21.5. The van der Waals surface area contributed by atoms with E-state index in [1.807, 2.05) is 4.90 Å². The molecule has 174 valence electrons. The molecule has 2 aromatic carbocycles. The zero-order valence-electron chi connectivity index (χ0n) is 17.6. The summed E-state index contributed by atoms with van der Waals surface area (Å²) in [7, 11) is -1.54. The molecule has 0 bridgehead atoms. The van der Waals surface area contributed by atoms with E-state index >= 15 is 0 Å². The first-order valence-corrected chi connectivity index (χ1v) is 11.8. The molecule has 1 atom stereocenters. The van der Waals surface area contributed by atoms with Crippen molar-refractivity contribution in [3.05, 3.63) is 53.2 Å². The maximum atomic E-state index is 13.3. The van der Waals surface area contributed by atoms with Crippen molar-refractivity contribution in [1.82, 2.24) is 4.90 Å². The largest absolute Gasteiger partial charge is 0.633 e. The van der Waals surface area contributed by atoms with Gasteiger partial charge in [-0.2, -0.15) is 13.2 Å². The molecule has 0 radical (unpaired) electrons. The third kappa shape index (κ3) is 4.69. The SMILES string of the molecule is O=S1c2ccccc2N(CCCN2CC[N+]([O-])(CCO)CC2)c2cc(C(F)(F)F)ccc21. The Hall–Kier alpha value is -1.98. The number of anilines is 2. The molecule has 2 heterocycles. The Labute approximate surface area is 187 Å². The Bertz CT molecular complexity index is 994. The first kappa shape index (κ1) is 23.2. The summed E-state index contributed by atoms with van der Waals surface area (Å²) >= 11 is 0. The summed E-state index contributed by atoms with van der Waals surface area (Å²) in [5.41, 5.74) is 0.227. The van der Waals surface area contributed by atoms with Gasteiger partial charge in [-0.05, 0) is 36.8 Å². The van der Waals surface area contributed by atoms with Crippen molar-refractivity contribution in [2.75, 3.05) is 57.3 Å². The van der Waals surface area contributed by atoms with Crippen molar-refractivity contribution in [1.29, 1.82) is 0 Å². The second-order valence-corrected chi connectivity index (χ2v) is 9.63. The molecule has 10 heteroatoms. The molecular formula is C22H26F3N3O3S. The number of rotatable bonds is 6. The number of aliphatic hydroxyl groups excluding tert-OH is 1. The lowest BCUT2D eigenvalue weighted by atomic mass is 10.1. The number of nitrogens with zero attached hydrogens (tertiary/aromatic N) is 3. The maximum absolute atomic E-state index is 13.3. The summed E-state index contributed by atoms with van der Waals surface area (Å²) in [4.78, 5) is 4.97. The number of halogens is 3. The van der Waals surface area contributed by atoms with Gasteiger partial charge in [-0.15, -0.1) is 0 Å². The quantitative estimate of drug-likeness (QED) is 0.519. The Morgan fingerprint density at radius 3 is 2.41 bits per heavy atom. The topological polar surface area (TPSA) is 66.8 Å². The summed E-state index contributed by atoms with van der Waals surface area (Å²) in [6, 6.07) is 10.5. The highest BCUT2D eigenvalue weighted by Gasteiger charge is 2.35. The van der Waals surface area contributed by atoms with Crippen LogP contribution < -0.4 is 4.90 Å². The molecule has 1 N–H and O–H groups in total. The second-order valence-electron chi connectivity index (χ2n) is 8.22. The van der Waals surface area contributed by atoms with Gasteiger partial charge in [0.2, 0.25) is 0 Å². The molecule has 2 aliphatic rings. The van der Waals surface area contributed by atoms with Crippen LogP contribution in [0.25, 0.3) is 0 Å². The van der Waals surface area contributed by atoms with Gasteiger partial charge in [0.15, 0.2) is 0 Å². The first-order chi connectivity index (χ1) is 15.2. The van der Waals surface area contributed by atoms with Crippen LogP contribution in [-0.2, 0) is 17.0 Å². The van der Waals surface area contributed by atoms with Crippen LogP contribution in [-0.4, -0.2) is 71.3 Å². The third-order valence-electron chi connectivity index (χ3n) is 6.14. The van der Waals surface area contributed by atoms with E-state index in [2.05, 4.69) is 4.90 Å². The van der Waals surface area contributed by atoms with Gasteiger partial charge in [0.1, 0.15) is 6.54 Å². The molecule has 32 heavy (non-hydrogen) atoms. The summed E-state index contributed by atoms with van der Waals surface area (Å²) < 4.78 is 52.7. The van der Waals surface area contributed by atoms with Crippen LogP contribution in [0, 0.1) is 5.21 Å². The van der Waals surface area contributed by atoms with Gasteiger partial charge in [0.25, 0.3) is 0 Å². The fourth-order valence-electron chi connectivity index (χ4n) is 4.34. The lowest BCUT2D eigenvalue weighted by Gasteiger charge is -2.48. The van der Waals surface area contributed by atoms with E-state index in [-0.39, 0.29) is 17.8 Å². The number of aliphatic hydroxyl groups is 1. The summed E-state index contributed by atoms with van der Waals surface area (Å²) in [5.74, 6) is 0. The summed E-state index contributed by atoms with van der Waals surface area (Å²) in [6.45, 7) is 3.33. The van der Waals surface area contributed by atoms with Crippen molar-refractivity contribution >= 4 is 22.2 Å². The van der Waals surface area contributed by atoms with Gasteiger partial charge >= 0.3 is 6.18 Å². The van der Waals surface area contributed by atoms with E-state index in [1.165, 1.54) is 6.07 Å². The first-order valence-electron chi connectivity index (χ1n) is 10.6. The van der Waals surface area contributed by atoms with Gasteiger partial charge in [0, 0.05) is 26.2 Å². The lowest BCUT2D eigenvalue weighted by molar-refractivity contribution is -0.885. The molecule has 4 rings (SSSR count). The molecule has 0 saturated carbocycles. The van der Waals surface area contributed by atoms with Gasteiger partial charge in [-0.25, -0.2) is 4.21 Å². The maximum Gasteiger partial charge on any atom is 0.416 e. The minimum absolute atomic E-state index is 0.126. The second kappa shape index (κ2) is 9.11. The average molecular weight is 470 g/mol. The van der Waals surface area contributed by atoms with Gasteiger partial charge in [0.05, 0.1) is 57.2 Å². The van der Waals surface area contributed by atoms with Crippen molar-refractivity contribution in [2.24, 2.45) is 0 Å². The molecule has 2 aromatic rings. The Balaban J connectivity index is 1.51. The van der Waals surface area contributed by atoms with Crippen molar-refractivity contribution < 1.29 is 27.1 Å². The number of benzene rings is 2. The fourth-order valence-corrected chi connectivity index (χ4v) is 5.70. The van der Waals surface area contributed by atoms with Gasteiger partial charge in [-0.3, -0.25) is 4.90 Å². The van der Waals surface area contributed by atoms with E-state index in [1.54, 1.807) is 24.3 Å². The number of alkyl halides is 3. The molecule has 0 aromatic heterocycles. The van der Waals surface area contributed by atoms with Crippen molar-refractivity contribution in [2.45, 2.75) is 22.4 Å². The number of hydrogen-bond donors (Lipinski definition) is 1. The van der Waals surface area contributed by atoms with Crippen molar-refractivity contribution in [3.63, 3.8) is 0 Å². The van der Waals surface area contributed by atoms with E-state index < -0.39 is 22.5 Å². The number of hydrogen-bond acceptors (Lipinski definition) is 5. The molecule has 1 unspecified atom stereocenters. The van der Waals surface area contributed by atoms with E-state index in [9.17, 15) is 22.6 Å². The molecule has 1 saturated heterocycles. The average Bonchev–Trinajstić information content (AvgIpc) is 2.76. The fraction of sp³-hybridized carbons (Fsp3) is 0.455. The van der Waals surface area contributed by atoms with Crippen LogP contribution in [0.4, 0.5) is 24.5 Å². The zero-order chi connectivity index (χ0) is 22.9. The third-order valence-corrected chi connectivity index (χ3v) is 7.63. The lowest BCUT2D eigenvalue weighted by Crippen LogP contribution is -2.57. The monoisotopic (exact) mass is 469 g/mol. The molecule has 0 amide bonds. The number of fused-ring (bicyclic) bond motifs is 2. The molecule has 1 fully saturated rings. The van der Waals surface area contributed by atoms with Crippen LogP contribution in [0.5, 0.6) is 0 Å². The van der Waals surface area contributed by atoms with E-state index in [0.717, 1.165) is 12.1 Å². The van der Waals surface area contributed by atoms with Crippen LogP contribution in [0.3, 0.4) is 0 Å².